The van der Waals surface area contributed by atoms with Crippen LogP contribution in [0.3, 0.4) is 0 Å². The van der Waals surface area contributed by atoms with E-state index in [4.69, 9.17) is 9.47 Å². The Balaban J connectivity index is 1.57. The fraction of sp³-hybridized carbons (Fsp3) is 0.552. The third-order valence-corrected chi connectivity index (χ3v) is 8.11. The minimum absolute atomic E-state index is 0.00354. The van der Waals surface area contributed by atoms with Crippen molar-refractivity contribution in [2.24, 2.45) is 11.8 Å². The number of aliphatic hydroxyl groups excluding tert-OH is 1. The average molecular weight is 509 g/mol. The number of esters is 1. The molecule has 0 aliphatic carbocycles. The molecule has 2 saturated heterocycles. The lowest BCUT2D eigenvalue weighted by Crippen LogP contribution is -2.55. The number of hydrogen-bond acceptors (Lipinski definition) is 6. The number of benzene rings is 1. The number of amides is 2. The fourth-order valence-electron chi connectivity index (χ4n) is 6.42. The molecule has 198 valence electrons. The third kappa shape index (κ3) is 4.50. The van der Waals surface area contributed by atoms with Gasteiger partial charge in [0.15, 0.2) is 0 Å². The Morgan fingerprint density at radius 2 is 1.81 bits per heavy atom. The Bertz CT molecular complexity index is 1090. The van der Waals surface area contributed by atoms with Crippen LogP contribution in [0.5, 0.6) is 0 Å². The second kappa shape index (κ2) is 10.4. The van der Waals surface area contributed by atoms with Crippen LogP contribution in [0.1, 0.15) is 44.6 Å². The van der Waals surface area contributed by atoms with E-state index >= 15 is 0 Å². The molecule has 8 heteroatoms. The molecule has 1 spiro atoms. The predicted octanol–water partition coefficient (Wildman–Crippen LogP) is 2.61. The fourth-order valence-corrected chi connectivity index (χ4v) is 6.42. The molecule has 1 aromatic rings. The van der Waals surface area contributed by atoms with Gasteiger partial charge in [-0.1, -0.05) is 54.6 Å². The van der Waals surface area contributed by atoms with Gasteiger partial charge in [-0.05, 0) is 44.6 Å². The highest BCUT2D eigenvalue weighted by atomic mass is 16.6. The van der Waals surface area contributed by atoms with Crippen molar-refractivity contribution in [1.82, 2.24) is 9.80 Å². The number of ether oxygens (including phenoxy) is 2. The smallest absolute Gasteiger partial charge is 0.313 e. The number of nitrogens with zero attached hydrogens (tertiary/aromatic N) is 2. The molecule has 1 aromatic carbocycles. The van der Waals surface area contributed by atoms with E-state index in [1.54, 1.807) is 9.80 Å². The van der Waals surface area contributed by atoms with Crippen LogP contribution >= 0.6 is 0 Å². The quantitative estimate of drug-likeness (QED) is 0.361. The van der Waals surface area contributed by atoms with Gasteiger partial charge in [0.1, 0.15) is 17.6 Å². The first-order chi connectivity index (χ1) is 17.9. The molecule has 4 aliphatic heterocycles. The maximum atomic E-state index is 14.2. The Morgan fingerprint density at radius 3 is 2.59 bits per heavy atom. The molecule has 1 N–H and O–H groups in total. The summed E-state index contributed by atoms with van der Waals surface area (Å²) in [5.41, 5.74) is -1.37. The molecular weight excluding hydrogens is 472 g/mol. The number of rotatable bonds is 6. The lowest BCUT2D eigenvalue weighted by atomic mass is 9.74. The Labute approximate surface area is 217 Å². The van der Waals surface area contributed by atoms with Gasteiger partial charge in [-0.2, -0.15) is 0 Å². The van der Waals surface area contributed by atoms with Crippen LogP contribution in [0.4, 0.5) is 0 Å². The first-order valence-corrected chi connectivity index (χ1v) is 13.4. The van der Waals surface area contributed by atoms with E-state index in [0.29, 0.717) is 39.1 Å². The average Bonchev–Trinajstić information content (AvgIpc) is 3.21. The number of allylic oxidation sites excluding steroid dienone is 1. The van der Waals surface area contributed by atoms with Crippen LogP contribution in [0.2, 0.25) is 0 Å². The number of unbranched alkanes of at least 4 members (excludes halogenated alkanes) is 1. The van der Waals surface area contributed by atoms with Gasteiger partial charge in [0.05, 0.1) is 18.1 Å². The molecule has 2 fully saturated rings. The molecule has 37 heavy (non-hydrogen) atoms. The van der Waals surface area contributed by atoms with Gasteiger partial charge in [0.25, 0.3) is 0 Å². The molecule has 0 aromatic heterocycles. The number of cyclic esters (lactones) is 1. The van der Waals surface area contributed by atoms with E-state index in [1.807, 2.05) is 61.6 Å². The van der Waals surface area contributed by atoms with Crippen molar-refractivity contribution in [3.63, 3.8) is 0 Å². The third-order valence-electron chi connectivity index (χ3n) is 8.11. The van der Waals surface area contributed by atoms with Crippen LogP contribution in [0.15, 0.2) is 54.6 Å². The summed E-state index contributed by atoms with van der Waals surface area (Å²) in [5, 5.41) is 9.35. The molecule has 0 saturated carbocycles. The second-order valence-corrected chi connectivity index (χ2v) is 10.6. The number of fused-ring (bicyclic) bond motifs is 2. The van der Waals surface area contributed by atoms with Gasteiger partial charge >= 0.3 is 5.97 Å². The SMILES string of the molecule is C[C@@]12/C=C\CCCCOC(=O)[C@@H]1[C@H]1C(=O)N(CCCCO)C3C(=O)N(Cc4ccccc4)CC=C[C@@]31O2. The summed E-state index contributed by atoms with van der Waals surface area (Å²) in [6.45, 7) is 3.22. The van der Waals surface area contributed by atoms with E-state index in [9.17, 15) is 19.5 Å². The zero-order valence-electron chi connectivity index (χ0n) is 21.4. The van der Waals surface area contributed by atoms with Crippen molar-refractivity contribution in [2.75, 3.05) is 26.3 Å². The molecule has 0 radical (unpaired) electrons. The van der Waals surface area contributed by atoms with E-state index in [0.717, 1.165) is 24.8 Å². The van der Waals surface area contributed by atoms with E-state index in [1.165, 1.54) is 0 Å². The first kappa shape index (κ1) is 25.7. The first-order valence-electron chi connectivity index (χ1n) is 13.4. The van der Waals surface area contributed by atoms with Crippen molar-refractivity contribution in [2.45, 2.75) is 62.8 Å². The van der Waals surface area contributed by atoms with Crippen LogP contribution in [0.25, 0.3) is 0 Å². The summed E-state index contributed by atoms with van der Waals surface area (Å²) in [6.07, 6.45) is 11.2. The van der Waals surface area contributed by atoms with Gasteiger partial charge < -0.3 is 24.4 Å². The number of hydrogen-bond donors (Lipinski definition) is 1. The highest BCUT2D eigenvalue weighted by molar-refractivity contribution is 5.99. The zero-order chi connectivity index (χ0) is 26.0. The maximum Gasteiger partial charge on any atom is 0.313 e. The van der Waals surface area contributed by atoms with E-state index in [-0.39, 0.29) is 18.4 Å². The van der Waals surface area contributed by atoms with Crippen LogP contribution in [-0.2, 0) is 30.4 Å². The lowest BCUT2D eigenvalue weighted by molar-refractivity contribution is -0.160. The van der Waals surface area contributed by atoms with Gasteiger partial charge in [0.2, 0.25) is 11.8 Å². The highest BCUT2D eigenvalue weighted by Gasteiger charge is 2.74. The number of carbonyl (C=O) groups is 3. The molecule has 0 bridgehead atoms. The molecule has 5 rings (SSSR count). The van der Waals surface area contributed by atoms with Crippen molar-refractivity contribution in [3.8, 4) is 0 Å². The maximum absolute atomic E-state index is 14.2. The van der Waals surface area contributed by atoms with Crippen LogP contribution < -0.4 is 0 Å². The normalized spacial score (nSPS) is 34.4. The monoisotopic (exact) mass is 508 g/mol. The topological polar surface area (TPSA) is 96.4 Å². The Morgan fingerprint density at radius 1 is 1.00 bits per heavy atom. The summed E-state index contributed by atoms with van der Waals surface area (Å²) < 4.78 is 12.4. The summed E-state index contributed by atoms with van der Waals surface area (Å²) in [4.78, 5) is 45.1. The minimum Gasteiger partial charge on any atom is -0.465 e. The molecular formula is C29H36N2O6. The van der Waals surface area contributed by atoms with Gasteiger partial charge in [-0.25, -0.2) is 0 Å². The van der Waals surface area contributed by atoms with E-state index < -0.39 is 35.0 Å². The summed E-state index contributed by atoms with van der Waals surface area (Å²) in [5.74, 6) is -2.65. The summed E-state index contributed by atoms with van der Waals surface area (Å²) in [6, 6.07) is 8.85. The molecule has 5 atom stereocenters. The van der Waals surface area contributed by atoms with E-state index in [2.05, 4.69) is 0 Å². The number of carbonyl (C=O) groups excluding carboxylic acids is 3. The van der Waals surface area contributed by atoms with Crippen molar-refractivity contribution in [3.05, 3.63) is 60.2 Å². The zero-order valence-corrected chi connectivity index (χ0v) is 21.4. The van der Waals surface area contributed by atoms with Gasteiger partial charge in [-0.15, -0.1) is 0 Å². The van der Waals surface area contributed by atoms with Crippen LogP contribution in [0, 0.1) is 11.8 Å². The molecule has 4 aliphatic rings. The van der Waals surface area contributed by atoms with Crippen LogP contribution in [-0.4, -0.2) is 76.2 Å². The number of likely N-dealkylation sites (tertiary alicyclic amines) is 1. The summed E-state index contributed by atoms with van der Waals surface area (Å²) in [7, 11) is 0. The molecule has 8 nitrogen and oxygen atoms in total. The van der Waals surface area contributed by atoms with Gasteiger partial charge in [-0.3, -0.25) is 14.4 Å². The highest BCUT2D eigenvalue weighted by Crippen LogP contribution is 2.57. The summed E-state index contributed by atoms with van der Waals surface area (Å²) >= 11 is 0. The van der Waals surface area contributed by atoms with Crippen molar-refractivity contribution in [1.29, 1.82) is 0 Å². The predicted molar refractivity (Wildman–Crippen MR) is 136 cm³/mol. The Hall–Kier alpha value is -2.97. The second-order valence-electron chi connectivity index (χ2n) is 10.6. The Kier molecular flexibility index (Phi) is 7.23. The largest absolute Gasteiger partial charge is 0.465 e. The lowest BCUT2D eigenvalue weighted by Gasteiger charge is -2.37. The number of aliphatic hydroxyl groups is 1. The minimum atomic E-state index is -1.28. The van der Waals surface area contributed by atoms with Crippen molar-refractivity contribution < 1.29 is 29.0 Å². The van der Waals surface area contributed by atoms with Gasteiger partial charge in [0, 0.05) is 26.2 Å². The molecule has 1 unspecified atom stereocenters. The standard InChI is InChI=1S/C29H36N2O6/c1-28-14-7-2-3-10-19-36-27(35)23(28)22-25(33)31(17-8-9-18-32)24-26(34)30(16-11-15-29(22,24)37-28)20-21-12-5-4-6-13-21/h4-7,11-15,22-24,32H,2-3,8-10,16-20H2,1H3/b14-7-/t22-,23-,24?,28+,29-/m0/s1. The molecule has 2 amide bonds. The van der Waals surface area contributed by atoms with Crippen molar-refractivity contribution >= 4 is 17.8 Å². The molecule has 4 heterocycles.